The van der Waals surface area contributed by atoms with Gasteiger partial charge in [0.2, 0.25) is 0 Å². The van der Waals surface area contributed by atoms with Crippen molar-refractivity contribution in [3.05, 3.63) is 45.7 Å². The largest absolute Gasteiger partial charge is 0.456 e. The molecule has 0 fully saturated rings. The van der Waals surface area contributed by atoms with Crippen molar-refractivity contribution in [3.8, 4) is 0 Å². The highest BCUT2D eigenvalue weighted by atomic mass is 79.9. The number of halogens is 1. The second-order valence-corrected chi connectivity index (χ2v) is 4.98. The Labute approximate surface area is 119 Å². The number of carbonyl (C=O) groups is 1. The minimum atomic E-state index is -0.418. The van der Waals surface area contributed by atoms with Crippen LogP contribution in [0.4, 0.5) is 5.69 Å². The van der Waals surface area contributed by atoms with Crippen LogP contribution < -0.4 is 5.73 Å². The molecule has 0 bridgehead atoms. The summed E-state index contributed by atoms with van der Waals surface area (Å²) in [4.78, 5) is 12.0. The fourth-order valence-electron chi connectivity index (χ4n) is 1.72. The fraction of sp³-hybridized carbons (Fsp3) is 0.231. The number of aromatic nitrogens is 2. The van der Waals surface area contributed by atoms with Gasteiger partial charge in [-0.25, -0.2) is 4.79 Å². The van der Waals surface area contributed by atoms with Gasteiger partial charge in [0, 0.05) is 12.7 Å². The molecule has 2 aromatic rings. The van der Waals surface area contributed by atoms with Gasteiger partial charge in [0.25, 0.3) is 0 Å². The summed E-state index contributed by atoms with van der Waals surface area (Å²) < 4.78 is 7.51. The number of nitrogens with zero attached hydrogens (tertiary/aromatic N) is 2. The van der Waals surface area contributed by atoms with E-state index in [1.165, 1.54) is 0 Å². The van der Waals surface area contributed by atoms with Crippen molar-refractivity contribution < 1.29 is 9.53 Å². The van der Waals surface area contributed by atoms with Crippen molar-refractivity contribution in [3.63, 3.8) is 0 Å². The van der Waals surface area contributed by atoms with E-state index in [0.29, 0.717) is 15.7 Å². The highest BCUT2D eigenvalue weighted by Crippen LogP contribution is 2.24. The molecule has 0 amide bonds. The zero-order valence-electron chi connectivity index (χ0n) is 10.7. The third kappa shape index (κ3) is 2.96. The standard InChI is InChI=1S/C13H14BrN3O2/c1-8-6-9(17(2)16-8)7-19-13(18)10-4-3-5-11(15)12(10)14/h3-6H,7,15H2,1-2H3. The average Bonchev–Trinajstić information content (AvgIpc) is 2.68. The Hall–Kier alpha value is -1.82. The van der Waals surface area contributed by atoms with Crippen LogP contribution in [-0.2, 0) is 18.4 Å². The van der Waals surface area contributed by atoms with Crippen LogP contribution >= 0.6 is 15.9 Å². The molecule has 0 saturated carbocycles. The molecule has 2 rings (SSSR count). The first kappa shape index (κ1) is 13.6. The molecule has 1 aromatic carbocycles. The van der Waals surface area contributed by atoms with Crippen LogP contribution in [0, 0.1) is 6.92 Å². The lowest BCUT2D eigenvalue weighted by Crippen LogP contribution is -2.09. The van der Waals surface area contributed by atoms with Gasteiger partial charge in [-0.1, -0.05) is 6.07 Å². The third-order valence-corrected chi connectivity index (χ3v) is 3.58. The molecular weight excluding hydrogens is 310 g/mol. The Kier molecular flexibility index (Phi) is 3.90. The molecule has 0 unspecified atom stereocenters. The maximum atomic E-state index is 12.0. The van der Waals surface area contributed by atoms with Gasteiger partial charge in [0.1, 0.15) is 6.61 Å². The van der Waals surface area contributed by atoms with Crippen LogP contribution in [0.1, 0.15) is 21.7 Å². The molecule has 5 nitrogen and oxygen atoms in total. The molecule has 0 atom stereocenters. The molecule has 0 spiro atoms. The second kappa shape index (κ2) is 5.44. The minimum absolute atomic E-state index is 0.178. The number of rotatable bonds is 3. The Morgan fingerprint density at radius 2 is 2.26 bits per heavy atom. The SMILES string of the molecule is Cc1cc(COC(=O)c2cccc(N)c2Br)n(C)n1. The van der Waals surface area contributed by atoms with E-state index < -0.39 is 5.97 Å². The number of nitrogens with two attached hydrogens (primary N) is 1. The monoisotopic (exact) mass is 323 g/mol. The van der Waals surface area contributed by atoms with Crippen molar-refractivity contribution in [2.75, 3.05) is 5.73 Å². The summed E-state index contributed by atoms with van der Waals surface area (Å²) in [6.07, 6.45) is 0. The summed E-state index contributed by atoms with van der Waals surface area (Å²) in [5.41, 5.74) is 8.37. The number of hydrogen-bond donors (Lipinski definition) is 1. The highest BCUT2D eigenvalue weighted by Gasteiger charge is 2.14. The van der Waals surface area contributed by atoms with E-state index in [0.717, 1.165) is 11.4 Å². The van der Waals surface area contributed by atoms with Gasteiger partial charge in [-0.05, 0) is 41.1 Å². The van der Waals surface area contributed by atoms with E-state index in [2.05, 4.69) is 21.0 Å². The zero-order valence-corrected chi connectivity index (χ0v) is 12.3. The Morgan fingerprint density at radius 1 is 1.53 bits per heavy atom. The first-order chi connectivity index (χ1) is 8.99. The lowest BCUT2D eigenvalue weighted by atomic mass is 10.2. The van der Waals surface area contributed by atoms with E-state index >= 15 is 0 Å². The lowest BCUT2D eigenvalue weighted by Gasteiger charge is -2.07. The number of aryl methyl sites for hydroxylation is 2. The van der Waals surface area contributed by atoms with Crippen molar-refractivity contribution >= 4 is 27.6 Å². The summed E-state index contributed by atoms with van der Waals surface area (Å²) in [6, 6.07) is 6.97. The molecule has 0 radical (unpaired) electrons. The van der Waals surface area contributed by atoms with Crippen LogP contribution in [0.3, 0.4) is 0 Å². The summed E-state index contributed by atoms with van der Waals surface area (Å²) in [7, 11) is 1.81. The number of hydrogen-bond acceptors (Lipinski definition) is 4. The number of nitrogen functional groups attached to an aromatic ring is 1. The number of esters is 1. The maximum Gasteiger partial charge on any atom is 0.339 e. The highest BCUT2D eigenvalue weighted by molar-refractivity contribution is 9.10. The normalized spacial score (nSPS) is 10.5. The molecule has 0 saturated heterocycles. The van der Waals surface area contributed by atoms with Gasteiger partial charge in [-0.15, -0.1) is 0 Å². The van der Waals surface area contributed by atoms with Gasteiger partial charge in [-0.3, -0.25) is 4.68 Å². The summed E-state index contributed by atoms with van der Waals surface area (Å²) in [5.74, 6) is -0.418. The smallest absolute Gasteiger partial charge is 0.339 e. The van der Waals surface area contributed by atoms with E-state index in [4.69, 9.17) is 10.5 Å². The predicted octanol–water partition coefficient (Wildman–Crippen LogP) is 2.43. The van der Waals surface area contributed by atoms with E-state index in [1.807, 2.05) is 20.0 Å². The molecule has 2 N–H and O–H groups in total. The average molecular weight is 324 g/mol. The topological polar surface area (TPSA) is 70.1 Å². The van der Waals surface area contributed by atoms with Gasteiger partial charge >= 0.3 is 5.97 Å². The van der Waals surface area contributed by atoms with Crippen LogP contribution in [0.25, 0.3) is 0 Å². The summed E-state index contributed by atoms with van der Waals surface area (Å²) in [5, 5.41) is 4.19. The number of benzene rings is 1. The Bertz CT molecular complexity index is 622. The molecule has 100 valence electrons. The van der Waals surface area contributed by atoms with E-state index in [9.17, 15) is 4.79 Å². The van der Waals surface area contributed by atoms with E-state index in [-0.39, 0.29) is 6.61 Å². The molecule has 1 aromatic heterocycles. The van der Waals surface area contributed by atoms with Crippen LogP contribution in [-0.4, -0.2) is 15.7 Å². The molecule has 6 heteroatoms. The molecule has 0 aliphatic rings. The van der Waals surface area contributed by atoms with Gasteiger partial charge in [0.15, 0.2) is 0 Å². The van der Waals surface area contributed by atoms with Crippen LogP contribution in [0.15, 0.2) is 28.7 Å². The Morgan fingerprint density at radius 3 is 2.89 bits per heavy atom. The first-order valence-corrected chi connectivity index (χ1v) is 6.49. The number of ether oxygens (including phenoxy) is 1. The minimum Gasteiger partial charge on any atom is -0.456 e. The van der Waals surface area contributed by atoms with E-state index in [1.54, 1.807) is 22.9 Å². The maximum absolute atomic E-state index is 12.0. The molecule has 19 heavy (non-hydrogen) atoms. The molecular formula is C13H14BrN3O2. The fourth-order valence-corrected chi connectivity index (χ4v) is 2.15. The van der Waals surface area contributed by atoms with Crippen molar-refractivity contribution in [1.29, 1.82) is 0 Å². The first-order valence-electron chi connectivity index (χ1n) is 5.69. The predicted molar refractivity (Wildman–Crippen MR) is 75.6 cm³/mol. The van der Waals surface area contributed by atoms with Crippen LogP contribution in [0.5, 0.6) is 0 Å². The molecule has 0 aliphatic heterocycles. The Balaban J connectivity index is 2.10. The zero-order chi connectivity index (χ0) is 14.0. The number of carbonyl (C=O) groups excluding carboxylic acids is 1. The lowest BCUT2D eigenvalue weighted by molar-refractivity contribution is 0.0462. The van der Waals surface area contributed by atoms with Gasteiger partial charge in [-0.2, -0.15) is 5.10 Å². The molecule has 1 heterocycles. The number of anilines is 1. The third-order valence-electron chi connectivity index (χ3n) is 2.70. The van der Waals surface area contributed by atoms with Crippen LogP contribution in [0.2, 0.25) is 0 Å². The van der Waals surface area contributed by atoms with Crippen molar-refractivity contribution in [1.82, 2.24) is 9.78 Å². The second-order valence-electron chi connectivity index (χ2n) is 4.19. The molecule has 0 aliphatic carbocycles. The summed E-state index contributed by atoms with van der Waals surface area (Å²) in [6.45, 7) is 2.07. The van der Waals surface area contributed by atoms with Gasteiger partial charge < -0.3 is 10.5 Å². The summed E-state index contributed by atoms with van der Waals surface area (Å²) >= 11 is 3.28. The quantitative estimate of drug-likeness (QED) is 0.695. The van der Waals surface area contributed by atoms with Gasteiger partial charge in [0.05, 0.1) is 21.4 Å². The van der Waals surface area contributed by atoms with Crippen molar-refractivity contribution in [2.24, 2.45) is 7.05 Å². The van der Waals surface area contributed by atoms with Crippen molar-refractivity contribution in [2.45, 2.75) is 13.5 Å².